The van der Waals surface area contributed by atoms with E-state index in [1.165, 1.54) is 11.3 Å². The lowest BCUT2D eigenvalue weighted by atomic mass is 10.00. The van der Waals surface area contributed by atoms with Gasteiger partial charge in [-0.3, -0.25) is 4.99 Å². The molecule has 1 aliphatic rings. The number of anilines is 1. The fourth-order valence-corrected chi connectivity index (χ4v) is 3.77. The van der Waals surface area contributed by atoms with Crippen molar-refractivity contribution in [2.45, 2.75) is 44.9 Å². The maximum atomic E-state index is 4.88. The summed E-state index contributed by atoms with van der Waals surface area (Å²) in [7, 11) is 2.11. The number of hydrogen-bond donors (Lipinski definition) is 0. The Labute approximate surface area is 114 Å². The van der Waals surface area contributed by atoms with E-state index in [1.54, 1.807) is 0 Å². The summed E-state index contributed by atoms with van der Waals surface area (Å²) >= 11 is 1.87. The smallest absolute Gasteiger partial charge is 0.164 e. The lowest BCUT2D eigenvalue weighted by molar-refractivity contribution is 0.476. The number of amidine groups is 1. The van der Waals surface area contributed by atoms with E-state index in [4.69, 9.17) is 4.99 Å². The predicted octanol–water partition coefficient (Wildman–Crippen LogP) is 4.09. The first-order valence-corrected chi connectivity index (χ1v) is 7.32. The van der Waals surface area contributed by atoms with Crippen molar-refractivity contribution in [3.05, 3.63) is 29.8 Å². The van der Waals surface area contributed by atoms with Crippen LogP contribution in [0.3, 0.4) is 0 Å². The van der Waals surface area contributed by atoms with Crippen LogP contribution in [-0.2, 0) is 0 Å². The van der Waals surface area contributed by atoms with Gasteiger partial charge in [0.25, 0.3) is 0 Å². The molecule has 0 aromatic heterocycles. The number of hydrogen-bond acceptors (Lipinski definition) is 3. The molecule has 0 saturated carbocycles. The Balaban J connectivity index is 2.28. The van der Waals surface area contributed by atoms with Gasteiger partial charge in [-0.1, -0.05) is 30.8 Å². The molecule has 0 aliphatic carbocycles. The second-order valence-electron chi connectivity index (χ2n) is 5.74. The van der Waals surface area contributed by atoms with Crippen molar-refractivity contribution < 1.29 is 0 Å². The summed E-state index contributed by atoms with van der Waals surface area (Å²) in [6, 6.07) is 8.57. The first kappa shape index (κ1) is 13.5. The van der Waals surface area contributed by atoms with E-state index in [2.05, 4.69) is 63.9 Å². The average Bonchev–Trinajstić information content (AvgIpc) is 2.25. The zero-order valence-corrected chi connectivity index (χ0v) is 12.7. The normalized spacial score (nSPS) is 22.5. The molecule has 98 valence electrons. The molecule has 0 spiro atoms. The van der Waals surface area contributed by atoms with Crippen LogP contribution in [0.2, 0.25) is 0 Å². The van der Waals surface area contributed by atoms with E-state index in [0.717, 1.165) is 11.6 Å². The number of nitrogens with zero attached hydrogens (tertiary/aromatic N) is 2. The maximum Gasteiger partial charge on any atom is 0.164 e. The molecule has 2 nitrogen and oxygen atoms in total. The van der Waals surface area contributed by atoms with Crippen LogP contribution in [0.1, 0.15) is 32.8 Å². The van der Waals surface area contributed by atoms with Crippen molar-refractivity contribution in [2.24, 2.45) is 4.99 Å². The van der Waals surface area contributed by atoms with Gasteiger partial charge in [0.15, 0.2) is 5.17 Å². The highest BCUT2D eigenvalue weighted by Crippen LogP contribution is 2.34. The Hall–Kier alpha value is -0.960. The Kier molecular flexibility index (Phi) is 3.71. The first-order chi connectivity index (χ1) is 8.37. The minimum absolute atomic E-state index is 0.0537. The zero-order valence-electron chi connectivity index (χ0n) is 11.9. The molecule has 0 radical (unpaired) electrons. The Bertz CT molecular complexity index is 465. The fourth-order valence-electron chi connectivity index (χ4n) is 2.36. The van der Waals surface area contributed by atoms with Crippen LogP contribution in [-0.4, -0.2) is 23.0 Å². The van der Waals surface area contributed by atoms with Crippen molar-refractivity contribution in [1.29, 1.82) is 0 Å². The van der Waals surface area contributed by atoms with Gasteiger partial charge in [0, 0.05) is 18.0 Å². The summed E-state index contributed by atoms with van der Waals surface area (Å²) in [6.07, 6.45) is 1.14. The molecular formula is C15H22N2S. The highest BCUT2D eigenvalue weighted by atomic mass is 32.2. The van der Waals surface area contributed by atoms with Gasteiger partial charge >= 0.3 is 0 Å². The molecule has 1 aromatic rings. The third-order valence-corrected chi connectivity index (χ3v) is 4.31. The molecule has 1 heterocycles. The van der Waals surface area contributed by atoms with Crippen molar-refractivity contribution in [2.75, 3.05) is 11.9 Å². The minimum Gasteiger partial charge on any atom is -0.324 e. The molecule has 1 aliphatic heterocycles. The molecule has 1 aromatic carbocycles. The summed E-state index contributed by atoms with van der Waals surface area (Å²) in [6.45, 7) is 8.84. The van der Waals surface area contributed by atoms with Gasteiger partial charge in [-0.05, 0) is 44.9 Å². The van der Waals surface area contributed by atoms with Crippen LogP contribution in [0.15, 0.2) is 29.3 Å². The van der Waals surface area contributed by atoms with Gasteiger partial charge in [-0.25, -0.2) is 0 Å². The molecule has 3 heteroatoms. The topological polar surface area (TPSA) is 15.6 Å². The van der Waals surface area contributed by atoms with Gasteiger partial charge in [0.2, 0.25) is 0 Å². The summed E-state index contributed by atoms with van der Waals surface area (Å²) in [5.74, 6) is 0. The number of thioether (sulfide) groups is 1. The first-order valence-electron chi connectivity index (χ1n) is 6.44. The lowest BCUT2D eigenvalue weighted by Gasteiger charge is -2.34. The molecule has 1 atom stereocenters. The predicted molar refractivity (Wildman–Crippen MR) is 82.8 cm³/mol. The quantitative estimate of drug-likeness (QED) is 0.757. The Morgan fingerprint density at radius 3 is 2.72 bits per heavy atom. The summed E-state index contributed by atoms with van der Waals surface area (Å²) < 4.78 is 0. The van der Waals surface area contributed by atoms with Gasteiger partial charge in [-0.2, -0.15) is 0 Å². The second kappa shape index (κ2) is 4.96. The van der Waals surface area contributed by atoms with Gasteiger partial charge in [-0.15, -0.1) is 0 Å². The van der Waals surface area contributed by atoms with E-state index in [1.807, 2.05) is 11.8 Å². The fraction of sp³-hybridized carbons (Fsp3) is 0.533. The highest BCUT2D eigenvalue weighted by molar-refractivity contribution is 8.14. The van der Waals surface area contributed by atoms with Gasteiger partial charge in [0.05, 0.1) is 5.54 Å². The Morgan fingerprint density at radius 1 is 1.39 bits per heavy atom. The number of aryl methyl sites for hydroxylation is 1. The summed E-state index contributed by atoms with van der Waals surface area (Å²) in [5.41, 5.74) is 2.55. The van der Waals surface area contributed by atoms with Crippen LogP contribution >= 0.6 is 11.8 Å². The third kappa shape index (κ3) is 3.08. The van der Waals surface area contributed by atoms with E-state index in [-0.39, 0.29) is 5.54 Å². The molecule has 1 unspecified atom stereocenters. The standard InChI is InChI=1S/C15H22N2S/c1-11-7-6-8-13(9-11)17(5)14-16-15(3,4)10-12(2)18-14/h6-9,12H,10H2,1-5H3. The highest BCUT2D eigenvalue weighted by Gasteiger charge is 2.29. The van der Waals surface area contributed by atoms with Crippen molar-refractivity contribution in [1.82, 2.24) is 0 Å². The molecule has 18 heavy (non-hydrogen) atoms. The number of aliphatic imine (C=N–C) groups is 1. The molecular weight excluding hydrogens is 240 g/mol. The maximum absolute atomic E-state index is 4.88. The van der Waals surface area contributed by atoms with Crippen LogP contribution in [0.4, 0.5) is 5.69 Å². The monoisotopic (exact) mass is 262 g/mol. The van der Waals surface area contributed by atoms with Gasteiger partial charge < -0.3 is 4.90 Å². The number of benzene rings is 1. The summed E-state index contributed by atoms with van der Waals surface area (Å²) in [5, 5.41) is 1.75. The van der Waals surface area contributed by atoms with Crippen LogP contribution in [0.5, 0.6) is 0 Å². The van der Waals surface area contributed by atoms with E-state index >= 15 is 0 Å². The van der Waals surface area contributed by atoms with E-state index < -0.39 is 0 Å². The lowest BCUT2D eigenvalue weighted by Crippen LogP contribution is -2.35. The third-order valence-electron chi connectivity index (χ3n) is 3.17. The molecule has 0 fully saturated rings. The van der Waals surface area contributed by atoms with Gasteiger partial charge in [0.1, 0.15) is 0 Å². The molecule has 0 amide bonds. The average molecular weight is 262 g/mol. The summed E-state index contributed by atoms with van der Waals surface area (Å²) in [4.78, 5) is 7.08. The SMILES string of the molecule is Cc1cccc(N(C)C2=NC(C)(C)CC(C)S2)c1. The molecule has 0 saturated heterocycles. The van der Waals surface area contributed by atoms with E-state index in [0.29, 0.717) is 5.25 Å². The van der Waals surface area contributed by atoms with Crippen LogP contribution in [0, 0.1) is 6.92 Å². The molecule has 0 bridgehead atoms. The molecule has 0 N–H and O–H groups in total. The van der Waals surface area contributed by atoms with E-state index in [9.17, 15) is 0 Å². The van der Waals surface area contributed by atoms with Crippen LogP contribution in [0.25, 0.3) is 0 Å². The number of rotatable bonds is 1. The van der Waals surface area contributed by atoms with Crippen LogP contribution < -0.4 is 4.90 Å². The second-order valence-corrected chi connectivity index (χ2v) is 7.14. The van der Waals surface area contributed by atoms with Crippen molar-refractivity contribution in [3.8, 4) is 0 Å². The molecule has 2 rings (SSSR count). The Morgan fingerprint density at radius 2 is 2.11 bits per heavy atom. The largest absolute Gasteiger partial charge is 0.324 e. The van der Waals surface area contributed by atoms with Crippen molar-refractivity contribution in [3.63, 3.8) is 0 Å². The minimum atomic E-state index is 0.0537. The van der Waals surface area contributed by atoms with Crippen molar-refractivity contribution >= 4 is 22.6 Å². The zero-order chi connectivity index (χ0) is 13.3.